The van der Waals surface area contributed by atoms with Crippen molar-refractivity contribution in [2.45, 2.75) is 14.7 Å². The number of anilines is 1. The molecule has 0 spiro atoms. The van der Waals surface area contributed by atoms with E-state index in [1.165, 1.54) is 42.5 Å². The van der Waals surface area contributed by atoms with Crippen LogP contribution in [0, 0.1) is 0 Å². The zero-order valence-corrected chi connectivity index (χ0v) is 26.6. The molecule has 1 heterocycles. The smallest absolute Gasteiger partial charge is 0.295 e. The number of hydrogen-bond donors (Lipinski definition) is 4. The lowest BCUT2D eigenvalue weighted by molar-refractivity contribution is 0.480. The highest BCUT2D eigenvalue weighted by molar-refractivity contribution is 7.86. The molecule has 0 saturated heterocycles. The Hall–Kier alpha value is -5.37. The lowest BCUT2D eigenvalue weighted by Gasteiger charge is -2.07. The molecule has 0 fully saturated rings. The molecule has 6 rings (SSSR count). The van der Waals surface area contributed by atoms with Crippen molar-refractivity contribution in [2.75, 3.05) is 5.73 Å². The van der Waals surface area contributed by atoms with Crippen LogP contribution in [0.3, 0.4) is 0 Å². The normalized spacial score (nSPS) is 12.9. The molecule has 0 unspecified atom stereocenters. The summed E-state index contributed by atoms with van der Waals surface area (Å²) in [6, 6.07) is 21.4. The molecule has 0 radical (unpaired) electrons. The van der Waals surface area contributed by atoms with Crippen molar-refractivity contribution in [1.82, 2.24) is 15.0 Å². The average molecular weight is 707 g/mol. The summed E-state index contributed by atoms with van der Waals surface area (Å²) in [5.41, 5.74) is 7.00. The molecule has 0 aliphatic heterocycles. The van der Waals surface area contributed by atoms with Gasteiger partial charge in [-0.1, -0.05) is 48.6 Å². The minimum atomic E-state index is -4.88. The van der Waals surface area contributed by atoms with Crippen LogP contribution >= 0.6 is 0 Å². The molecule has 0 saturated carbocycles. The van der Waals surface area contributed by atoms with Gasteiger partial charge in [0.05, 0.1) is 17.1 Å². The summed E-state index contributed by atoms with van der Waals surface area (Å²) < 4.78 is 103. The lowest BCUT2D eigenvalue weighted by Crippen LogP contribution is -2.05. The number of nitrogens with two attached hydrogens (primary N) is 1. The van der Waals surface area contributed by atoms with Gasteiger partial charge in [0.15, 0.2) is 0 Å². The van der Waals surface area contributed by atoms with Crippen LogP contribution in [0.25, 0.3) is 39.6 Å². The standard InChI is InChI=1S/C30H22N6O9S3/c31-20-9-12-21(13-10-20)32-33-22-11-7-18(27(15-22)46(37,38)39)5-6-19-8-14-23(16-28(19)47(40,41)42)36-34-26-17-29(48(43,44)45)24-3-1-2-4-25(24)30(26)35-36/h1-17H,31H2,(H,37,38,39)(H,40,41,42)(H,43,44,45)/b6-5+,33-32?. The van der Waals surface area contributed by atoms with Gasteiger partial charge in [-0.15, -0.1) is 10.2 Å². The number of fused-ring (bicyclic) bond motifs is 3. The van der Waals surface area contributed by atoms with E-state index in [0.29, 0.717) is 16.8 Å². The van der Waals surface area contributed by atoms with Crippen molar-refractivity contribution in [3.05, 3.63) is 102 Å². The molecule has 18 heteroatoms. The van der Waals surface area contributed by atoms with Crippen LogP contribution in [0.4, 0.5) is 17.1 Å². The van der Waals surface area contributed by atoms with E-state index in [9.17, 15) is 38.9 Å². The molecular weight excluding hydrogens is 685 g/mol. The zero-order chi connectivity index (χ0) is 34.4. The van der Waals surface area contributed by atoms with Crippen molar-refractivity contribution in [3.8, 4) is 5.69 Å². The summed E-state index contributed by atoms with van der Waals surface area (Å²) in [6.45, 7) is 0. The topological polar surface area (TPSA) is 245 Å². The van der Waals surface area contributed by atoms with Crippen LogP contribution in [-0.4, -0.2) is 53.9 Å². The van der Waals surface area contributed by atoms with E-state index in [4.69, 9.17) is 5.73 Å². The molecule has 15 nitrogen and oxygen atoms in total. The minimum Gasteiger partial charge on any atom is -0.399 e. The maximum atomic E-state index is 12.4. The van der Waals surface area contributed by atoms with E-state index in [0.717, 1.165) is 23.0 Å². The highest BCUT2D eigenvalue weighted by Gasteiger charge is 2.21. The zero-order valence-electron chi connectivity index (χ0n) is 24.1. The second-order valence-electron chi connectivity index (χ2n) is 10.3. The van der Waals surface area contributed by atoms with E-state index >= 15 is 0 Å². The van der Waals surface area contributed by atoms with Crippen LogP contribution in [0.1, 0.15) is 11.1 Å². The van der Waals surface area contributed by atoms with E-state index in [1.807, 2.05) is 0 Å². The number of nitrogens with zero attached hydrogens (tertiary/aromatic N) is 5. The number of benzene rings is 5. The van der Waals surface area contributed by atoms with Crippen LogP contribution in [-0.2, 0) is 30.4 Å². The monoisotopic (exact) mass is 706 g/mol. The van der Waals surface area contributed by atoms with Gasteiger partial charge >= 0.3 is 0 Å². The SMILES string of the molecule is Nc1ccc(N=Nc2ccc(/C=C/c3ccc(-n4nc5cc(S(=O)(=O)O)c6ccccc6c5n4)cc3S(=O)(=O)O)c(S(=O)(=O)O)c2)cc1. The first-order chi connectivity index (χ1) is 22.6. The molecule has 0 amide bonds. The van der Waals surface area contributed by atoms with E-state index < -0.39 is 40.1 Å². The van der Waals surface area contributed by atoms with Gasteiger partial charge in [-0.05, 0) is 65.7 Å². The van der Waals surface area contributed by atoms with E-state index in [2.05, 4.69) is 20.4 Å². The van der Waals surface area contributed by atoms with Crippen LogP contribution < -0.4 is 5.73 Å². The quantitative estimate of drug-likeness (QED) is 0.0665. The number of aromatic nitrogens is 3. The van der Waals surface area contributed by atoms with Crippen molar-refractivity contribution in [2.24, 2.45) is 10.2 Å². The maximum Gasteiger partial charge on any atom is 0.295 e. The second kappa shape index (κ2) is 12.0. The molecule has 6 aromatic rings. The summed E-state index contributed by atoms with van der Waals surface area (Å²) in [4.78, 5) is -0.495. The van der Waals surface area contributed by atoms with Gasteiger partial charge in [0.25, 0.3) is 30.4 Å². The van der Waals surface area contributed by atoms with Gasteiger partial charge in [-0.25, -0.2) is 0 Å². The van der Waals surface area contributed by atoms with Crippen LogP contribution in [0.15, 0.2) is 116 Å². The van der Waals surface area contributed by atoms with Gasteiger partial charge in [-0.3, -0.25) is 13.7 Å². The number of rotatable bonds is 8. The third kappa shape index (κ3) is 6.69. The Morgan fingerprint density at radius 2 is 1.15 bits per heavy atom. The van der Waals surface area contributed by atoms with Crippen molar-refractivity contribution >= 4 is 81.4 Å². The number of azo groups is 1. The molecule has 5 N–H and O–H groups in total. The van der Waals surface area contributed by atoms with E-state index in [1.54, 1.807) is 42.5 Å². The van der Waals surface area contributed by atoms with Gasteiger partial charge < -0.3 is 5.73 Å². The highest BCUT2D eigenvalue weighted by Crippen LogP contribution is 2.31. The average Bonchev–Trinajstić information content (AvgIpc) is 3.47. The fourth-order valence-electron chi connectivity index (χ4n) is 4.83. The summed E-state index contributed by atoms with van der Waals surface area (Å²) in [5.74, 6) is 0. The van der Waals surface area contributed by atoms with Crippen LogP contribution in [0.2, 0.25) is 0 Å². The third-order valence-corrected chi connectivity index (χ3v) is 9.74. The molecule has 1 aromatic heterocycles. The van der Waals surface area contributed by atoms with Gasteiger partial charge in [-0.2, -0.15) is 40.3 Å². The molecule has 244 valence electrons. The summed E-state index contributed by atoms with van der Waals surface area (Å²) in [6.07, 6.45) is 2.43. The first kappa shape index (κ1) is 32.6. The third-order valence-electron chi connectivity index (χ3n) is 7.03. The van der Waals surface area contributed by atoms with Gasteiger partial charge in [0, 0.05) is 16.5 Å². The Balaban J connectivity index is 1.39. The largest absolute Gasteiger partial charge is 0.399 e. The lowest BCUT2D eigenvalue weighted by atomic mass is 10.1. The van der Waals surface area contributed by atoms with E-state index in [-0.39, 0.29) is 43.8 Å². The predicted octanol–water partition coefficient (Wildman–Crippen LogP) is 5.48. The fraction of sp³-hybridized carbons (Fsp3) is 0. The first-order valence-electron chi connectivity index (χ1n) is 13.5. The minimum absolute atomic E-state index is 0.0317. The number of nitrogen functional groups attached to an aromatic ring is 1. The molecule has 0 atom stereocenters. The summed E-state index contributed by atoms with van der Waals surface area (Å²) >= 11 is 0. The fourth-order valence-corrected chi connectivity index (χ4v) is 6.96. The molecule has 0 bridgehead atoms. The Morgan fingerprint density at radius 3 is 1.77 bits per heavy atom. The Morgan fingerprint density at radius 1 is 0.604 bits per heavy atom. The molecule has 5 aromatic carbocycles. The molecule has 0 aliphatic rings. The van der Waals surface area contributed by atoms with Gasteiger partial charge in [0.2, 0.25) is 0 Å². The molecule has 0 aliphatic carbocycles. The summed E-state index contributed by atoms with van der Waals surface area (Å²) in [5, 5.41) is 17.2. The first-order valence-corrected chi connectivity index (χ1v) is 17.8. The van der Waals surface area contributed by atoms with Crippen molar-refractivity contribution < 1.29 is 38.9 Å². The highest BCUT2D eigenvalue weighted by atomic mass is 32.2. The van der Waals surface area contributed by atoms with Gasteiger partial charge in [0.1, 0.15) is 25.7 Å². The predicted molar refractivity (Wildman–Crippen MR) is 176 cm³/mol. The summed E-state index contributed by atoms with van der Waals surface area (Å²) in [7, 11) is -14.3. The Kier molecular flexibility index (Phi) is 8.15. The van der Waals surface area contributed by atoms with Crippen molar-refractivity contribution in [3.63, 3.8) is 0 Å². The van der Waals surface area contributed by atoms with Crippen molar-refractivity contribution in [1.29, 1.82) is 0 Å². The molecular formula is C30H22N6O9S3. The Bertz CT molecular complexity index is 2650. The molecule has 48 heavy (non-hydrogen) atoms. The Labute approximate surface area is 272 Å². The number of hydrogen-bond acceptors (Lipinski definition) is 11. The maximum absolute atomic E-state index is 12.4. The van der Waals surface area contributed by atoms with Crippen LogP contribution in [0.5, 0.6) is 0 Å². The second-order valence-corrected chi connectivity index (χ2v) is 14.4.